The van der Waals surface area contributed by atoms with Crippen LogP contribution < -0.4 is 0 Å². The van der Waals surface area contributed by atoms with Crippen LogP contribution >= 0.6 is 12.2 Å². The minimum Gasteiger partial charge on any atom is -0.337 e. The van der Waals surface area contributed by atoms with E-state index in [1.54, 1.807) is 0 Å². The molecule has 1 aliphatic rings. The molecular formula is C16H12N2S. The molecule has 1 heterocycles. The van der Waals surface area contributed by atoms with Crippen molar-refractivity contribution in [3.8, 4) is 22.4 Å². The molecule has 1 aliphatic carbocycles. The normalized spacial score (nSPS) is 12.2. The van der Waals surface area contributed by atoms with Crippen LogP contribution in [-0.4, -0.2) is 9.97 Å². The molecule has 3 aromatic rings. The average Bonchev–Trinajstić information content (AvgIpc) is 3.01. The van der Waals surface area contributed by atoms with Crippen LogP contribution in [0.1, 0.15) is 11.1 Å². The van der Waals surface area contributed by atoms with E-state index in [0.717, 1.165) is 12.1 Å². The molecule has 0 amide bonds. The highest BCUT2D eigenvalue weighted by molar-refractivity contribution is 7.71. The van der Waals surface area contributed by atoms with Crippen molar-refractivity contribution in [1.82, 2.24) is 9.97 Å². The summed E-state index contributed by atoms with van der Waals surface area (Å²) >= 11 is 5.08. The molecule has 1 aromatic heterocycles. The average molecular weight is 264 g/mol. The lowest BCUT2D eigenvalue weighted by Gasteiger charge is -2.03. The molecule has 3 heteroatoms. The lowest BCUT2D eigenvalue weighted by molar-refractivity contribution is 1.25. The van der Waals surface area contributed by atoms with Crippen LogP contribution in [0.15, 0.2) is 48.7 Å². The van der Waals surface area contributed by atoms with Crippen molar-refractivity contribution < 1.29 is 0 Å². The van der Waals surface area contributed by atoms with Gasteiger partial charge in [0.1, 0.15) is 0 Å². The summed E-state index contributed by atoms with van der Waals surface area (Å²) in [6, 6.07) is 15.2. The Bertz CT molecular complexity index is 827. The molecule has 2 N–H and O–H groups in total. The molecule has 0 aliphatic heterocycles. The third-order valence-corrected chi connectivity index (χ3v) is 3.92. The standard InChI is InChI=1S/C16H12N2S/c19-16-17-9-15(18-16)11-5-6-14-12(8-11)7-10-3-1-2-4-13(10)14/h1-6,8-9H,7H2,(H2,17,18,19). The van der Waals surface area contributed by atoms with Crippen molar-refractivity contribution in [2.75, 3.05) is 0 Å². The predicted octanol–water partition coefficient (Wildman–Crippen LogP) is 4.31. The van der Waals surface area contributed by atoms with Crippen LogP contribution in [0.2, 0.25) is 0 Å². The van der Waals surface area contributed by atoms with Gasteiger partial charge in [-0.2, -0.15) is 0 Å². The van der Waals surface area contributed by atoms with Gasteiger partial charge in [-0.15, -0.1) is 0 Å². The Morgan fingerprint density at radius 3 is 2.63 bits per heavy atom. The van der Waals surface area contributed by atoms with E-state index in [4.69, 9.17) is 12.2 Å². The number of hydrogen-bond donors (Lipinski definition) is 2. The monoisotopic (exact) mass is 264 g/mol. The Kier molecular flexibility index (Phi) is 2.23. The highest BCUT2D eigenvalue weighted by Gasteiger charge is 2.18. The summed E-state index contributed by atoms with van der Waals surface area (Å²) in [6.45, 7) is 0. The first-order valence-corrected chi connectivity index (χ1v) is 6.71. The van der Waals surface area contributed by atoms with Crippen molar-refractivity contribution in [3.05, 3.63) is 64.6 Å². The van der Waals surface area contributed by atoms with Gasteiger partial charge in [-0.25, -0.2) is 0 Å². The Balaban J connectivity index is 1.86. The lowest BCUT2D eigenvalue weighted by Crippen LogP contribution is -1.83. The summed E-state index contributed by atoms with van der Waals surface area (Å²) < 4.78 is 0.666. The molecule has 0 atom stereocenters. The first-order valence-electron chi connectivity index (χ1n) is 6.30. The van der Waals surface area contributed by atoms with E-state index < -0.39 is 0 Å². The summed E-state index contributed by atoms with van der Waals surface area (Å²) in [6.07, 6.45) is 2.94. The largest absolute Gasteiger partial charge is 0.337 e. The van der Waals surface area contributed by atoms with Crippen LogP contribution in [0.25, 0.3) is 22.4 Å². The van der Waals surface area contributed by atoms with E-state index in [1.807, 2.05) is 6.20 Å². The van der Waals surface area contributed by atoms with Crippen LogP contribution in [0.5, 0.6) is 0 Å². The molecule has 0 fully saturated rings. The van der Waals surface area contributed by atoms with Crippen molar-refractivity contribution in [3.63, 3.8) is 0 Å². The molecule has 4 rings (SSSR count). The van der Waals surface area contributed by atoms with Gasteiger partial charge < -0.3 is 9.97 Å². The van der Waals surface area contributed by atoms with Gasteiger partial charge in [0.25, 0.3) is 0 Å². The minimum atomic E-state index is 0.666. The van der Waals surface area contributed by atoms with E-state index in [1.165, 1.54) is 27.8 Å². The van der Waals surface area contributed by atoms with Gasteiger partial charge in [0.05, 0.1) is 5.69 Å². The highest BCUT2D eigenvalue weighted by atomic mass is 32.1. The Morgan fingerprint density at radius 1 is 0.947 bits per heavy atom. The minimum absolute atomic E-state index is 0.666. The Labute approximate surface area is 116 Å². The number of benzene rings is 2. The van der Waals surface area contributed by atoms with Gasteiger partial charge in [0.2, 0.25) is 0 Å². The molecule has 0 saturated carbocycles. The number of aromatic amines is 2. The van der Waals surface area contributed by atoms with Crippen molar-refractivity contribution >= 4 is 12.2 Å². The zero-order valence-corrected chi connectivity index (χ0v) is 11.1. The van der Waals surface area contributed by atoms with Gasteiger partial charge in [-0.3, -0.25) is 0 Å². The van der Waals surface area contributed by atoms with E-state index in [0.29, 0.717) is 4.77 Å². The van der Waals surface area contributed by atoms with Crippen LogP contribution in [0.3, 0.4) is 0 Å². The molecule has 2 nitrogen and oxygen atoms in total. The number of hydrogen-bond acceptors (Lipinski definition) is 1. The third-order valence-electron chi connectivity index (χ3n) is 3.70. The van der Waals surface area contributed by atoms with Gasteiger partial charge in [-0.1, -0.05) is 36.4 Å². The van der Waals surface area contributed by atoms with Crippen LogP contribution in [-0.2, 0) is 6.42 Å². The number of rotatable bonds is 1. The first-order chi connectivity index (χ1) is 9.31. The van der Waals surface area contributed by atoms with E-state index in [-0.39, 0.29) is 0 Å². The van der Waals surface area contributed by atoms with E-state index >= 15 is 0 Å². The lowest BCUT2D eigenvalue weighted by atomic mass is 10.0. The molecular weight excluding hydrogens is 252 g/mol. The zero-order chi connectivity index (χ0) is 12.8. The molecule has 2 aromatic carbocycles. The van der Waals surface area contributed by atoms with E-state index in [9.17, 15) is 0 Å². The van der Waals surface area contributed by atoms with Gasteiger partial charge >= 0.3 is 0 Å². The summed E-state index contributed by atoms with van der Waals surface area (Å²) in [4.78, 5) is 6.18. The number of fused-ring (bicyclic) bond motifs is 3. The second kappa shape index (κ2) is 3.93. The summed E-state index contributed by atoms with van der Waals surface area (Å²) in [5, 5.41) is 0. The molecule has 0 spiro atoms. The number of nitrogens with one attached hydrogen (secondary N) is 2. The summed E-state index contributed by atoms with van der Waals surface area (Å²) in [5.74, 6) is 0. The second-order valence-electron chi connectivity index (χ2n) is 4.86. The fraction of sp³-hybridized carbons (Fsp3) is 0.0625. The fourth-order valence-corrected chi connectivity index (χ4v) is 2.97. The highest BCUT2D eigenvalue weighted by Crippen LogP contribution is 2.38. The Morgan fingerprint density at radius 2 is 1.79 bits per heavy atom. The number of imidazole rings is 1. The Hall–Kier alpha value is -2.13. The molecule has 19 heavy (non-hydrogen) atoms. The third kappa shape index (κ3) is 1.66. The van der Waals surface area contributed by atoms with Gasteiger partial charge in [0.15, 0.2) is 4.77 Å². The van der Waals surface area contributed by atoms with Crippen LogP contribution in [0.4, 0.5) is 0 Å². The van der Waals surface area contributed by atoms with Crippen molar-refractivity contribution in [2.45, 2.75) is 6.42 Å². The predicted molar refractivity (Wildman–Crippen MR) is 79.7 cm³/mol. The summed E-state index contributed by atoms with van der Waals surface area (Å²) in [5.41, 5.74) is 7.75. The molecule has 0 saturated heterocycles. The van der Waals surface area contributed by atoms with E-state index in [2.05, 4.69) is 52.4 Å². The van der Waals surface area contributed by atoms with Crippen LogP contribution in [0, 0.1) is 4.77 Å². The number of aromatic nitrogens is 2. The number of H-pyrrole nitrogens is 2. The quantitative estimate of drug-likeness (QED) is 0.493. The van der Waals surface area contributed by atoms with Crippen molar-refractivity contribution in [1.29, 1.82) is 0 Å². The van der Waals surface area contributed by atoms with Gasteiger partial charge in [0, 0.05) is 6.20 Å². The first kappa shape index (κ1) is 10.8. The molecule has 0 unspecified atom stereocenters. The topological polar surface area (TPSA) is 31.6 Å². The summed E-state index contributed by atoms with van der Waals surface area (Å²) in [7, 11) is 0. The fourth-order valence-electron chi connectivity index (χ4n) is 2.80. The molecule has 92 valence electrons. The molecule has 0 bridgehead atoms. The maximum absolute atomic E-state index is 5.08. The maximum Gasteiger partial charge on any atom is 0.174 e. The van der Waals surface area contributed by atoms with Crippen molar-refractivity contribution in [2.24, 2.45) is 0 Å². The zero-order valence-electron chi connectivity index (χ0n) is 10.2. The molecule has 0 radical (unpaired) electrons. The smallest absolute Gasteiger partial charge is 0.174 e. The second-order valence-corrected chi connectivity index (χ2v) is 5.27. The maximum atomic E-state index is 5.08. The SMILES string of the molecule is S=c1[nH]cc(-c2ccc3c(c2)Cc2ccccc2-3)[nH]1. The van der Waals surface area contributed by atoms with Gasteiger partial charge in [-0.05, 0) is 52.5 Å².